The van der Waals surface area contributed by atoms with Crippen molar-refractivity contribution in [1.29, 1.82) is 0 Å². The molecule has 5 aromatic rings. The van der Waals surface area contributed by atoms with Crippen molar-refractivity contribution in [2.24, 2.45) is 0 Å². The van der Waals surface area contributed by atoms with Crippen molar-refractivity contribution in [3.63, 3.8) is 0 Å². The van der Waals surface area contributed by atoms with Gasteiger partial charge in [-0.3, -0.25) is 28.8 Å². The number of carbonyl (C=O) groups excluding carboxylic acids is 4. The van der Waals surface area contributed by atoms with Crippen LogP contribution < -0.4 is 34.2 Å². The van der Waals surface area contributed by atoms with Gasteiger partial charge >= 0.3 is 29.8 Å². The Kier molecular flexibility index (Phi) is 21.3. The average Bonchev–Trinajstić information content (AvgIpc) is 0.763. The summed E-state index contributed by atoms with van der Waals surface area (Å²) >= 11 is 0. The van der Waals surface area contributed by atoms with Crippen LogP contribution in [0.25, 0.3) is 33.4 Å². The standard InChI is InChI=1S/C61H60F2N2O22/c1-33-13-15-45(65(27-57(74)84-31-80-36(4)68)28-58(75)85-32-81-37(5)69)53(19-33)76-17-18-77-54-20-38(14-16-46(54)64(25-55(71)72)26-56(73)83-30-79-35(3)67)59-39-9-6-7-11-48(39)86-49-12-8-10-40(61(49)59)60-41-21-43(62)47(70)23-50(41)87-51-24-52(44(63)22-42(51)60)82-29-78-34(2)66/h6-16,19-24,56-59,73-75H,17-18,25-32H2,1-5H3,(H,71,72). The van der Waals surface area contributed by atoms with Crippen LogP contribution in [0.3, 0.4) is 0 Å². The first-order valence-electron chi connectivity index (χ1n) is 26.7. The lowest BCUT2D eigenvalue weighted by Gasteiger charge is -2.33. The molecule has 4 N–H and O–H groups in total. The number of hydrogen-bond acceptors (Lipinski definition) is 23. The number of carboxylic acid groups (broad SMARTS) is 1. The number of benzene rings is 6. The fraction of sp³-hybridized carbons (Fsp3) is 0.311. The second-order valence-electron chi connectivity index (χ2n) is 19.4. The molecule has 0 saturated carbocycles. The Morgan fingerprint density at radius 3 is 1.77 bits per heavy atom. The van der Waals surface area contributed by atoms with Crippen molar-refractivity contribution in [3.8, 4) is 51.2 Å². The number of nitrogens with zero attached hydrogens (tertiary/aromatic N) is 2. The summed E-state index contributed by atoms with van der Waals surface area (Å²) in [5.41, 5.74) is 2.28. The fourth-order valence-electron chi connectivity index (χ4n) is 9.43. The molecule has 0 aromatic heterocycles. The molecule has 0 radical (unpaired) electrons. The van der Waals surface area contributed by atoms with Crippen molar-refractivity contribution in [3.05, 3.63) is 147 Å². The lowest BCUT2D eigenvalue weighted by molar-refractivity contribution is -0.184. The molecule has 26 heteroatoms. The predicted molar refractivity (Wildman–Crippen MR) is 301 cm³/mol. The Morgan fingerprint density at radius 2 is 1.15 bits per heavy atom. The van der Waals surface area contributed by atoms with Gasteiger partial charge in [0.1, 0.15) is 54.1 Å². The topological polar surface area (TPSA) is 304 Å². The molecule has 4 unspecified atom stereocenters. The van der Waals surface area contributed by atoms with Gasteiger partial charge in [-0.05, 0) is 72.1 Å². The highest BCUT2D eigenvalue weighted by Gasteiger charge is 2.35. The van der Waals surface area contributed by atoms with E-state index >= 15 is 8.78 Å². The van der Waals surface area contributed by atoms with Crippen LogP contribution in [0.5, 0.6) is 28.7 Å². The summed E-state index contributed by atoms with van der Waals surface area (Å²) in [6.45, 7) is 1.40. The molecule has 24 nitrogen and oxygen atoms in total. The minimum atomic E-state index is -1.72. The summed E-state index contributed by atoms with van der Waals surface area (Å²) in [6.07, 6.45) is -4.93. The molecular formula is C61H60F2N2O22. The number of aliphatic hydroxyl groups excluding tert-OH is 3. The Hall–Kier alpha value is -9.44. The first kappa shape index (κ1) is 63.6. The molecule has 0 fully saturated rings. The van der Waals surface area contributed by atoms with Crippen molar-refractivity contribution in [1.82, 2.24) is 0 Å². The van der Waals surface area contributed by atoms with E-state index in [1.807, 2.05) is 0 Å². The van der Waals surface area contributed by atoms with Gasteiger partial charge in [-0.25, -0.2) is 8.78 Å². The lowest BCUT2D eigenvalue weighted by Crippen LogP contribution is -2.40. The Labute approximate surface area is 494 Å². The summed E-state index contributed by atoms with van der Waals surface area (Å²) in [6, 6.07) is 26.3. The highest BCUT2D eigenvalue weighted by molar-refractivity contribution is 6.03. The van der Waals surface area contributed by atoms with E-state index in [4.69, 9.17) is 56.5 Å². The molecule has 1 aliphatic carbocycles. The third-order valence-corrected chi connectivity index (χ3v) is 13.1. The van der Waals surface area contributed by atoms with Crippen molar-refractivity contribution in [2.75, 3.05) is 76.4 Å². The maximum absolute atomic E-state index is 16.2. The van der Waals surface area contributed by atoms with Crippen LogP contribution >= 0.6 is 0 Å². The van der Waals surface area contributed by atoms with E-state index < -0.39 is 112 Å². The Morgan fingerprint density at radius 1 is 0.586 bits per heavy atom. The van der Waals surface area contributed by atoms with Gasteiger partial charge in [0.25, 0.3) is 0 Å². The molecule has 87 heavy (non-hydrogen) atoms. The number of carboxylic acids is 1. The number of halogens is 2. The van der Waals surface area contributed by atoms with Crippen LogP contribution in [0.2, 0.25) is 0 Å². The van der Waals surface area contributed by atoms with Crippen LogP contribution in [0.4, 0.5) is 20.2 Å². The molecular weight excluding hydrogens is 1150 g/mol. The molecule has 2 heterocycles. The third kappa shape index (κ3) is 16.5. The normalized spacial score (nSPS) is 13.5. The van der Waals surface area contributed by atoms with Gasteiger partial charge in [-0.2, -0.15) is 0 Å². The molecule has 0 bridgehead atoms. The number of hydrogen-bond donors (Lipinski definition) is 4. The van der Waals surface area contributed by atoms with Crippen LogP contribution in [0, 0.1) is 18.6 Å². The quantitative estimate of drug-likeness (QED) is 0.0120. The van der Waals surface area contributed by atoms with Gasteiger partial charge in [-0.1, -0.05) is 42.5 Å². The van der Waals surface area contributed by atoms with Gasteiger partial charge in [-0.15, -0.1) is 0 Å². The van der Waals surface area contributed by atoms with E-state index in [0.717, 1.165) is 45.9 Å². The highest BCUT2D eigenvalue weighted by Crippen LogP contribution is 2.54. The number of esters is 4. The smallest absolute Gasteiger partial charge is 0.323 e. The molecule has 0 saturated heterocycles. The van der Waals surface area contributed by atoms with Crippen LogP contribution in [0.15, 0.2) is 112 Å². The number of anilines is 2. The van der Waals surface area contributed by atoms with E-state index in [-0.39, 0.29) is 82.8 Å². The van der Waals surface area contributed by atoms with Crippen molar-refractivity contribution < 1.29 is 110 Å². The summed E-state index contributed by atoms with van der Waals surface area (Å²) in [4.78, 5) is 74.1. The fourth-order valence-corrected chi connectivity index (χ4v) is 9.43. The first-order valence-corrected chi connectivity index (χ1v) is 26.7. The van der Waals surface area contributed by atoms with Gasteiger partial charge in [0.15, 0.2) is 56.6 Å². The van der Waals surface area contributed by atoms with Gasteiger partial charge in [0, 0.05) is 73.4 Å². The lowest BCUT2D eigenvalue weighted by atomic mass is 9.77. The number of rotatable bonds is 29. The zero-order chi connectivity index (χ0) is 62.5. The largest absolute Gasteiger partial charge is 0.488 e. The van der Waals surface area contributed by atoms with E-state index in [9.17, 15) is 49.2 Å². The number of aliphatic carboxylic acids is 1. The third-order valence-electron chi connectivity index (χ3n) is 13.1. The van der Waals surface area contributed by atoms with E-state index in [1.165, 1.54) is 15.9 Å². The molecule has 2 aliphatic heterocycles. The SMILES string of the molecule is CC(=O)OCOc1cc2oc3cc(=O)c(F)cc-3c(-c3cccc4c3C(c3ccc(N(CC(=O)O)CC(O)OCOC(C)=O)c(OCCOc5cc(C)ccc5N(CC(O)OCOC(C)=O)CC(O)OCOC(C)=O)c3)c3ccccc3O4)c2cc1F. The van der Waals surface area contributed by atoms with Crippen LogP contribution in [-0.2, 0) is 57.1 Å². The predicted octanol–water partition coefficient (Wildman–Crippen LogP) is 7.06. The van der Waals surface area contributed by atoms with E-state index in [2.05, 4.69) is 0 Å². The minimum absolute atomic E-state index is 0.00923. The van der Waals surface area contributed by atoms with E-state index in [1.54, 1.807) is 85.8 Å². The summed E-state index contributed by atoms with van der Waals surface area (Å²) in [5, 5.41) is 43.2. The molecule has 4 atom stereocenters. The monoisotopic (exact) mass is 1210 g/mol. The highest BCUT2D eigenvalue weighted by atomic mass is 19.1. The number of fused-ring (bicyclic) bond motifs is 4. The molecule has 0 amide bonds. The average molecular weight is 1210 g/mol. The molecule has 3 aliphatic rings. The van der Waals surface area contributed by atoms with Gasteiger partial charge in [0.05, 0.1) is 31.0 Å². The first-order chi connectivity index (χ1) is 41.6. The molecule has 5 aromatic carbocycles. The minimum Gasteiger partial charge on any atom is -0.488 e. The summed E-state index contributed by atoms with van der Waals surface area (Å²) < 4.78 is 98.1. The Bertz CT molecular complexity index is 3640. The second-order valence-corrected chi connectivity index (χ2v) is 19.4. The van der Waals surface area contributed by atoms with E-state index in [0.29, 0.717) is 39.3 Å². The number of para-hydroxylation sites is 1. The number of aliphatic hydroxyl groups is 3. The zero-order valence-corrected chi connectivity index (χ0v) is 47.5. The van der Waals surface area contributed by atoms with Crippen LogP contribution in [0.1, 0.15) is 55.9 Å². The number of carbonyl (C=O) groups is 5. The number of aryl methyl sites for hydroxylation is 1. The molecule has 8 rings (SSSR count). The molecule has 0 spiro atoms. The number of ether oxygens (including phenoxy) is 11. The van der Waals surface area contributed by atoms with Crippen molar-refractivity contribution >= 4 is 52.2 Å². The maximum atomic E-state index is 16.2. The van der Waals surface area contributed by atoms with Gasteiger partial charge in [0.2, 0.25) is 12.2 Å². The van der Waals surface area contributed by atoms with Crippen LogP contribution in [-0.4, -0.2) is 136 Å². The summed E-state index contributed by atoms with van der Waals surface area (Å²) in [5.74, 6) is -6.44. The Balaban J connectivity index is 1.22. The maximum Gasteiger partial charge on any atom is 0.323 e. The second kappa shape index (κ2) is 29.1. The van der Waals surface area contributed by atoms with Gasteiger partial charge < -0.3 is 86.7 Å². The molecule has 460 valence electrons. The zero-order valence-electron chi connectivity index (χ0n) is 47.5. The summed E-state index contributed by atoms with van der Waals surface area (Å²) in [7, 11) is 0. The van der Waals surface area contributed by atoms with Crippen molar-refractivity contribution in [2.45, 2.75) is 59.4 Å².